The number of aryl methyl sites for hydroxylation is 1. The van der Waals surface area contributed by atoms with Crippen LogP contribution in [0.1, 0.15) is 12.1 Å². The van der Waals surface area contributed by atoms with E-state index in [-0.39, 0.29) is 0 Å². The van der Waals surface area contributed by atoms with Gasteiger partial charge in [-0.1, -0.05) is 11.3 Å². The fourth-order valence-corrected chi connectivity index (χ4v) is 3.13. The summed E-state index contributed by atoms with van der Waals surface area (Å²) in [5.74, 6) is 0. The summed E-state index contributed by atoms with van der Waals surface area (Å²) in [4.78, 5) is 9.59. The van der Waals surface area contributed by atoms with E-state index in [1.807, 2.05) is 28.9 Å². The third-order valence-electron chi connectivity index (χ3n) is 3.46. The van der Waals surface area contributed by atoms with Crippen LogP contribution in [-0.4, -0.2) is 36.3 Å². The van der Waals surface area contributed by atoms with E-state index < -0.39 is 0 Å². The molecule has 23 heavy (non-hydrogen) atoms. The Hall–Kier alpha value is -2.74. The summed E-state index contributed by atoms with van der Waals surface area (Å²) in [6.07, 6.45) is 9.26. The molecule has 0 aliphatic heterocycles. The average molecular weight is 325 g/mol. The van der Waals surface area contributed by atoms with Gasteiger partial charge in [0.05, 0.1) is 11.9 Å². The van der Waals surface area contributed by atoms with E-state index in [9.17, 15) is 0 Å². The molecule has 0 atom stereocenters. The van der Waals surface area contributed by atoms with E-state index in [4.69, 9.17) is 0 Å². The van der Waals surface area contributed by atoms with Crippen molar-refractivity contribution in [3.05, 3.63) is 48.7 Å². The molecule has 7 nitrogen and oxygen atoms in total. The normalized spacial score (nSPS) is 11.1. The first-order chi connectivity index (χ1) is 11.4. The Morgan fingerprint density at radius 1 is 1.26 bits per heavy atom. The summed E-state index contributed by atoms with van der Waals surface area (Å²) >= 11 is 1.55. The SMILES string of the molecule is c1cncc(-c2cn3nc(NCCCc4ccn[nH]4)sc3n2)c1. The lowest BCUT2D eigenvalue weighted by atomic mass is 10.2. The Kier molecular flexibility index (Phi) is 3.73. The van der Waals surface area contributed by atoms with Gasteiger partial charge in [0.1, 0.15) is 0 Å². The molecule has 0 aliphatic carbocycles. The van der Waals surface area contributed by atoms with Crippen molar-refractivity contribution in [3.63, 3.8) is 0 Å². The number of nitrogens with one attached hydrogen (secondary N) is 2. The molecule has 4 heterocycles. The lowest BCUT2D eigenvalue weighted by molar-refractivity contribution is 0.822. The molecule has 0 saturated heterocycles. The Labute approximate surface area is 136 Å². The van der Waals surface area contributed by atoms with Gasteiger partial charge in [0.25, 0.3) is 0 Å². The van der Waals surface area contributed by atoms with Crippen molar-refractivity contribution >= 4 is 21.4 Å². The van der Waals surface area contributed by atoms with E-state index in [0.29, 0.717) is 0 Å². The number of aromatic nitrogens is 6. The molecule has 2 N–H and O–H groups in total. The molecule has 0 radical (unpaired) electrons. The van der Waals surface area contributed by atoms with Crippen molar-refractivity contribution in [3.8, 4) is 11.3 Å². The number of pyridine rings is 1. The van der Waals surface area contributed by atoms with Crippen molar-refractivity contribution in [2.75, 3.05) is 11.9 Å². The van der Waals surface area contributed by atoms with Crippen LogP contribution in [0, 0.1) is 0 Å². The molecule has 4 aromatic heterocycles. The van der Waals surface area contributed by atoms with Gasteiger partial charge < -0.3 is 5.32 Å². The molecule has 0 amide bonds. The highest BCUT2D eigenvalue weighted by Crippen LogP contribution is 2.23. The van der Waals surface area contributed by atoms with Crippen molar-refractivity contribution in [1.29, 1.82) is 0 Å². The van der Waals surface area contributed by atoms with Crippen LogP contribution in [0.15, 0.2) is 43.0 Å². The minimum atomic E-state index is 0.866. The summed E-state index contributed by atoms with van der Waals surface area (Å²) in [6.45, 7) is 0.866. The van der Waals surface area contributed by atoms with Gasteiger partial charge in [0, 0.05) is 36.4 Å². The van der Waals surface area contributed by atoms with Crippen LogP contribution in [0.4, 0.5) is 5.13 Å². The van der Waals surface area contributed by atoms with Crippen LogP contribution in [0.5, 0.6) is 0 Å². The highest BCUT2D eigenvalue weighted by molar-refractivity contribution is 7.20. The van der Waals surface area contributed by atoms with Gasteiger partial charge in [-0.15, -0.1) is 5.10 Å². The molecule has 0 unspecified atom stereocenters. The highest BCUT2D eigenvalue weighted by Gasteiger charge is 2.09. The number of hydrogen-bond acceptors (Lipinski definition) is 6. The minimum Gasteiger partial charge on any atom is -0.360 e. The molecule has 116 valence electrons. The first-order valence-corrected chi connectivity index (χ1v) is 8.19. The lowest BCUT2D eigenvalue weighted by Gasteiger charge is -2.00. The molecule has 0 fully saturated rings. The number of rotatable bonds is 6. The molecule has 4 aromatic rings. The molecule has 0 aromatic carbocycles. The highest BCUT2D eigenvalue weighted by atomic mass is 32.1. The van der Waals surface area contributed by atoms with Crippen LogP contribution in [0.3, 0.4) is 0 Å². The van der Waals surface area contributed by atoms with Crippen LogP contribution < -0.4 is 5.32 Å². The van der Waals surface area contributed by atoms with Crippen LogP contribution in [0.25, 0.3) is 16.2 Å². The quantitative estimate of drug-likeness (QED) is 0.532. The number of nitrogens with zero attached hydrogens (tertiary/aromatic N) is 5. The fourth-order valence-electron chi connectivity index (χ4n) is 2.32. The van der Waals surface area contributed by atoms with Crippen molar-refractivity contribution in [2.24, 2.45) is 0 Å². The zero-order valence-corrected chi connectivity index (χ0v) is 13.1. The monoisotopic (exact) mass is 325 g/mol. The molecule has 4 rings (SSSR count). The van der Waals surface area contributed by atoms with Crippen molar-refractivity contribution in [1.82, 2.24) is 29.8 Å². The lowest BCUT2D eigenvalue weighted by Crippen LogP contribution is -2.03. The summed E-state index contributed by atoms with van der Waals surface area (Å²) in [5.41, 5.74) is 3.05. The van der Waals surface area contributed by atoms with E-state index in [1.165, 1.54) is 0 Å². The molecular weight excluding hydrogens is 310 g/mol. The standard InChI is InChI=1S/C15H15N7S/c1-3-11(9-16-6-1)13-10-22-15(19-13)23-14(21-22)17-7-2-4-12-5-8-18-20-12/h1,3,5-6,8-10H,2,4,7H2,(H,17,21)(H,18,20). The van der Waals surface area contributed by atoms with Crippen molar-refractivity contribution in [2.45, 2.75) is 12.8 Å². The Balaban J connectivity index is 1.39. The van der Waals surface area contributed by atoms with Crippen molar-refractivity contribution < 1.29 is 0 Å². The number of anilines is 1. The summed E-state index contributed by atoms with van der Waals surface area (Å²) in [7, 11) is 0. The second-order valence-electron chi connectivity index (χ2n) is 5.11. The van der Waals surface area contributed by atoms with Crippen LogP contribution in [-0.2, 0) is 6.42 Å². The number of fused-ring (bicyclic) bond motifs is 1. The van der Waals surface area contributed by atoms with E-state index in [0.717, 1.165) is 46.4 Å². The number of imidazole rings is 1. The molecular formula is C15H15N7S. The number of H-pyrrole nitrogens is 1. The minimum absolute atomic E-state index is 0.866. The second kappa shape index (κ2) is 6.17. The molecule has 0 spiro atoms. The van der Waals surface area contributed by atoms with E-state index in [1.54, 1.807) is 29.9 Å². The van der Waals surface area contributed by atoms with Gasteiger partial charge in [-0.25, -0.2) is 9.50 Å². The largest absolute Gasteiger partial charge is 0.360 e. The zero-order valence-electron chi connectivity index (χ0n) is 12.3. The average Bonchev–Trinajstić information content (AvgIpc) is 3.28. The topological polar surface area (TPSA) is 83.8 Å². The maximum absolute atomic E-state index is 4.60. The third-order valence-corrected chi connectivity index (χ3v) is 4.34. The van der Waals surface area contributed by atoms with Gasteiger partial charge in [-0.3, -0.25) is 10.1 Å². The maximum Gasteiger partial charge on any atom is 0.214 e. The second-order valence-corrected chi connectivity index (χ2v) is 6.07. The summed E-state index contributed by atoms with van der Waals surface area (Å²) in [6, 6.07) is 5.90. The van der Waals surface area contributed by atoms with Gasteiger partial charge in [0.15, 0.2) is 0 Å². The van der Waals surface area contributed by atoms with E-state index >= 15 is 0 Å². The van der Waals surface area contributed by atoms with Gasteiger partial charge >= 0.3 is 0 Å². The first kappa shape index (κ1) is 13.9. The number of aromatic amines is 1. The Bertz CT molecular complexity index is 848. The van der Waals surface area contributed by atoms with Crippen LogP contribution >= 0.6 is 11.3 Å². The Morgan fingerprint density at radius 2 is 2.26 bits per heavy atom. The zero-order chi connectivity index (χ0) is 15.5. The van der Waals surface area contributed by atoms with Gasteiger partial charge in [0.2, 0.25) is 10.1 Å². The maximum atomic E-state index is 4.60. The first-order valence-electron chi connectivity index (χ1n) is 7.37. The predicted molar refractivity (Wildman–Crippen MR) is 89.5 cm³/mol. The van der Waals surface area contributed by atoms with Gasteiger partial charge in [-0.2, -0.15) is 5.10 Å². The fraction of sp³-hybridized carbons (Fsp3) is 0.200. The van der Waals surface area contributed by atoms with Gasteiger partial charge in [-0.05, 0) is 31.0 Å². The van der Waals surface area contributed by atoms with E-state index in [2.05, 4.69) is 30.6 Å². The smallest absolute Gasteiger partial charge is 0.214 e. The predicted octanol–water partition coefficient (Wildman–Crippen LogP) is 2.62. The molecule has 0 bridgehead atoms. The molecule has 8 heteroatoms. The Morgan fingerprint density at radius 3 is 3.04 bits per heavy atom. The van der Waals surface area contributed by atoms with Crippen LogP contribution in [0.2, 0.25) is 0 Å². The molecule has 0 saturated carbocycles. The summed E-state index contributed by atoms with van der Waals surface area (Å²) in [5, 5.41) is 15.6. The summed E-state index contributed by atoms with van der Waals surface area (Å²) < 4.78 is 1.81. The number of hydrogen-bond donors (Lipinski definition) is 2. The molecule has 0 aliphatic rings. The third kappa shape index (κ3) is 3.07.